The summed E-state index contributed by atoms with van der Waals surface area (Å²) in [5.41, 5.74) is 0. The molecule has 1 saturated carbocycles. The van der Waals surface area contributed by atoms with Crippen molar-refractivity contribution in [2.45, 2.75) is 39.5 Å². The number of carbonyl (C=O) groups excluding carboxylic acids is 1. The maximum Gasteiger partial charge on any atom is 0.120 e. The van der Waals surface area contributed by atoms with E-state index in [4.69, 9.17) is 0 Å². The van der Waals surface area contributed by atoms with Crippen LogP contribution < -0.4 is 0 Å². The van der Waals surface area contributed by atoms with Crippen molar-refractivity contribution >= 4 is 6.29 Å². The summed E-state index contributed by atoms with van der Waals surface area (Å²) in [4.78, 5) is 10.3. The summed E-state index contributed by atoms with van der Waals surface area (Å²) in [5.74, 6) is 2.36. The van der Waals surface area contributed by atoms with E-state index in [1.807, 2.05) is 0 Å². The molecule has 0 radical (unpaired) electrons. The Labute approximate surface area is 69.2 Å². The molecule has 0 heterocycles. The zero-order chi connectivity index (χ0) is 8.27. The molecule has 1 aliphatic rings. The minimum absolute atomic E-state index is 0.686. The lowest BCUT2D eigenvalue weighted by Crippen LogP contribution is -2.19. The molecule has 0 aromatic rings. The molecule has 1 aliphatic carbocycles. The van der Waals surface area contributed by atoms with Gasteiger partial charge in [-0.2, -0.15) is 0 Å². The first-order valence-corrected chi connectivity index (χ1v) is 4.66. The fourth-order valence-corrected chi connectivity index (χ4v) is 2.44. The zero-order valence-electron chi connectivity index (χ0n) is 7.55. The lowest BCUT2D eigenvalue weighted by molar-refractivity contribution is -0.109. The topological polar surface area (TPSA) is 17.1 Å². The first kappa shape index (κ1) is 8.76. The molecule has 1 fully saturated rings. The van der Waals surface area contributed by atoms with Crippen LogP contribution in [0.3, 0.4) is 0 Å². The van der Waals surface area contributed by atoms with Crippen LogP contribution in [0.5, 0.6) is 0 Å². The highest BCUT2D eigenvalue weighted by Crippen LogP contribution is 2.33. The van der Waals surface area contributed by atoms with Gasteiger partial charge in [0.2, 0.25) is 0 Å². The average Bonchev–Trinajstić information content (AvgIpc) is 1.85. The van der Waals surface area contributed by atoms with Crippen molar-refractivity contribution in [3.8, 4) is 0 Å². The van der Waals surface area contributed by atoms with E-state index in [1.54, 1.807) is 0 Å². The van der Waals surface area contributed by atoms with Crippen LogP contribution in [0.4, 0.5) is 0 Å². The number of carbonyl (C=O) groups is 1. The molecule has 0 spiro atoms. The van der Waals surface area contributed by atoms with Crippen molar-refractivity contribution in [2.24, 2.45) is 17.8 Å². The third-order valence-electron chi connectivity index (χ3n) is 2.71. The van der Waals surface area contributed by atoms with Gasteiger partial charge in [0, 0.05) is 6.42 Å². The molecule has 2 unspecified atom stereocenters. The molecule has 2 atom stereocenters. The van der Waals surface area contributed by atoms with E-state index in [0.717, 1.165) is 24.5 Å². The second-order valence-corrected chi connectivity index (χ2v) is 4.19. The second kappa shape index (κ2) is 3.89. The maximum absolute atomic E-state index is 10.3. The molecule has 1 nitrogen and oxygen atoms in total. The molecule has 0 bridgehead atoms. The van der Waals surface area contributed by atoms with Crippen LogP contribution in [-0.2, 0) is 4.79 Å². The Bertz CT molecular complexity index is 121. The van der Waals surface area contributed by atoms with E-state index < -0.39 is 0 Å². The smallest absolute Gasteiger partial charge is 0.120 e. The molecule has 64 valence electrons. The zero-order valence-corrected chi connectivity index (χ0v) is 7.55. The Morgan fingerprint density at radius 2 is 1.73 bits per heavy atom. The highest BCUT2D eigenvalue weighted by Gasteiger charge is 2.22. The Kier molecular flexibility index (Phi) is 3.10. The minimum atomic E-state index is 0.686. The van der Waals surface area contributed by atoms with Crippen molar-refractivity contribution in [3.63, 3.8) is 0 Å². The van der Waals surface area contributed by atoms with Crippen LogP contribution in [0.15, 0.2) is 0 Å². The summed E-state index contributed by atoms with van der Waals surface area (Å²) in [5, 5.41) is 0. The van der Waals surface area contributed by atoms with E-state index in [9.17, 15) is 4.79 Å². The van der Waals surface area contributed by atoms with Gasteiger partial charge in [0.25, 0.3) is 0 Å². The van der Waals surface area contributed by atoms with Gasteiger partial charge < -0.3 is 4.79 Å². The third kappa shape index (κ3) is 2.64. The molecule has 0 amide bonds. The molecule has 1 rings (SSSR count). The van der Waals surface area contributed by atoms with Gasteiger partial charge in [0.15, 0.2) is 0 Å². The predicted molar refractivity (Wildman–Crippen MR) is 46.4 cm³/mol. The van der Waals surface area contributed by atoms with Gasteiger partial charge in [0.1, 0.15) is 6.29 Å². The SMILES string of the molecule is CC1CC(C)CC(CC=O)C1. The fraction of sp³-hybridized carbons (Fsp3) is 0.900. The number of hydrogen-bond donors (Lipinski definition) is 0. The second-order valence-electron chi connectivity index (χ2n) is 4.19. The van der Waals surface area contributed by atoms with Crippen LogP contribution >= 0.6 is 0 Å². The van der Waals surface area contributed by atoms with Gasteiger partial charge in [0.05, 0.1) is 0 Å². The van der Waals surface area contributed by atoms with Crippen LogP contribution in [-0.4, -0.2) is 6.29 Å². The number of hydrogen-bond acceptors (Lipinski definition) is 1. The maximum atomic E-state index is 10.3. The summed E-state index contributed by atoms with van der Waals surface area (Å²) in [6.07, 6.45) is 5.76. The fourth-order valence-electron chi connectivity index (χ4n) is 2.44. The quantitative estimate of drug-likeness (QED) is 0.559. The van der Waals surface area contributed by atoms with Gasteiger partial charge >= 0.3 is 0 Å². The lowest BCUT2D eigenvalue weighted by atomic mass is 9.76. The summed E-state index contributed by atoms with van der Waals surface area (Å²) in [6.45, 7) is 4.60. The Morgan fingerprint density at radius 3 is 2.18 bits per heavy atom. The van der Waals surface area contributed by atoms with Gasteiger partial charge in [-0.3, -0.25) is 0 Å². The normalized spacial score (nSPS) is 38.5. The monoisotopic (exact) mass is 154 g/mol. The summed E-state index contributed by atoms with van der Waals surface area (Å²) in [6, 6.07) is 0. The molecule has 0 saturated heterocycles. The minimum Gasteiger partial charge on any atom is -0.303 e. The van der Waals surface area contributed by atoms with E-state index in [2.05, 4.69) is 13.8 Å². The van der Waals surface area contributed by atoms with Gasteiger partial charge in [-0.15, -0.1) is 0 Å². The van der Waals surface area contributed by atoms with Crippen LogP contribution in [0.1, 0.15) is 39.5 Å². The van der Waals surface area contributed by atoms with Crippen molar-refractivity contribution in [1.29, 1.82) is 0 Å². The van der Waals surface area contributed by atoms with Gasteiger partial charge in [-0.1, -0.05) is 13.8 Å². The first-order chi connectivity index (χ1) is 5.22. The number of rotatable bonds is 2. The Morgan fingerprint density at radius 1 is 1.18 bits per heavy atom. The molecule has 1 heteroatoms. The lowest BCUT2D eigenvalue weighted by Gasteiger charge is -2.30. The van der Waals surface area contributed by atoms with Crippen LogP contribution in [0, 0.1) is 17.8 Å². The highest BCUT2D eigenvalue weighted by molar-refractivity contribution is 5.49. The largest absolute Gasteiger partial charge is 0.303 e. The van der Waals surface area contributed by atoms with E-state index >= 15 is 0 Å². The van der Waals surface area contributed by atoms with E-state index in [0.29, 0.717) is 5.92 Å². The average molecular weight is 154 g/mol. The molecular weight excluding hydrogens is 136 g/mol. The molecule has 0 aromatic carbocycles. The van der Waals surface area contributed by atoms with Crippen LogP contribution in [0.2, 0.25) is 0 Å². The summed E-state index contributed by atoms with van der Waals surface area (Å²) >= 11 is 0. The summed E-state index contributed by atoms with van der Waals surface area (Å²) in [7, 11) is 0. The van der Waals surface area contributed by atoms with Crippen molar-refractivity contribution in [2.75, 3.05) is 0 Å². The van der Waals surface area contributed by atoms with Crippen molar-refractivity contribution in [3.05, 3.63) is 0 Å². The van der Waals surface area contributed by atoms with E-state index in [1.165, 1.54) is 19.3 Å². The Hall–Kier alpha value is -0.330. The van der Waals surface area contributed by atoms with Crippen molar-refractivity contribution < 1.29 is 4.79 Å². The molecule has 0 aliphatic heterocycles. The molecular formula is C10H18O. The van der Waals surface area contributed by atoms with Crippen LogP contribution in [0.25, 0.3) is 0 Å². The third-order valence-corrected chi connectivity index (χ3v) is 2.71. The molecule has 0 N–H and O–H groups in total. The van der Waals surface area contributed by atoms with E-state index in [-0.39, 0.29) is 0 Å². The number of aldehydes is 1. The van der Waals surface area contributed by atoms with Gasteiger partial charge in [-0.25, -0.2) is 0 Å². The first-order valence-electron chi connectivity index (χ1n) is 4.66. The standard InChI is InChI=1S/C10H18O/c1-8-5-9(2)7-10(6-8)3-4-11/h4,8-10H,3,5-7H2,1-2H3. The van der Waals surface area contributed by atoms with Crippen molar-refractivity contribution in [1.82, 2.24) is 0 Å². The molecule has 11 heavy (non-hydrogen) atoms. The Balaban J connectivity index is 2.36. The molecule has 0 aromatic heterocycles. The highest BCUT2D eigenvalue weighted by atomic mass is 16.1. The summed E-state index contributed by atoms with van der Waals surface area (Å²) < 4.78 is 0. The predicted octanol–water partition coefficient (Wildman–Crippen LogP) is 2.65. The van der Waals surface area contributed by atoms with Gasteiger partial charge in [-0.05, 0) is 37.0 Å².